The molecule has 1 spiro atoms. The maximum absolute atomic E-state index is 6.55. The Bertz CT molecular complexity index is 1320. The highest BCUT2D eigenvalue weighted by molar-refractivity contribution is 8.04. The zero-order chi connectivity index (χ0) is 24.7. The van der Waals surface area contributed by atoms with E-state index >= 15 is 0 Å². The SMILES string of the molecule is CNc1nccc(SC2=CC=C3/N=C(/N4CCC5(CC4)Cc4ccccc4C5)C=C/N=C/2N3C)c1Cl. The first-order chi connectivity index (χ1) is 17.5. The van der Waals surface area contributed by atoms with E-state index < -0.39 is 0 Å². The van der Waals surface area contributed by atoms with Crippen molar-refractivity contribution in [3.63, 3.8) is 0 Å². The molecule has 1 aromatic heterocycles. The summed E-state index contributed by atoms with van der Waals surface area (Å²) in [6, 6.07) is 10.9. The van der Waals surface area contributed by atoms with Gasteiger partial charge in [0.25, 0.3) is 0 Å². The number of halogens is 1. The lowest BCUT2D eigenvalue weighted by Crippen LogP contribution is -2.43. The van der Waals surface area contributed by atoms with E-state index in [9.17, 15) is 0 Å². The van der Waals surface area contributed by atoms with Gasteiger partial charge in [0.1, 0.15) is 23.3 Å². The van der Waals surface area contributed by atoms with Crippen LogP contribution < -0.4 is 5.32 Å². The zero-order valence-corrected chi connectivity index (χ0v) is 22.1. The molecule has 36 heavy (non-hydrogen) atoms. The van der Waals surface area contributed by atoms with Gasteiger partial charge in [-0.3, -0.25) is 0 Å². The second-order valence-corrected chi connectivity index (χ2v) is 11.2. The molecule has 4 aliphatic rings. The molecule has 1 N–H and O–H groups in total. The summed E-state index contributed by atoms with van der Waals surface area (Å²) in [4.78, 5) is 20.6. The number of fused-ring (bicyclic) bond motifs is 3. The quantitative estimate of drug-likeness (QED) is 0.563. The number of thioether (sulfide) groups is 1. The van der Waals surface area contributed by atoms with Gasteiger partial charge in [-0.1, -0.05) is 47.6 Å². The van der Waals surface area contributed by atoms with Gasteiger partial charge in [-0.05, 0) is 66.5 Å². The Balaban J connectivity index is 1.20. The van der Waals surface area contributed by atoms with Crippen LogP contribution in [0.5, 0.6) is 0 Å². The van der Waals surface area contributed by atoms with Gasteiger partial charge < -0.3 is 15.1 Å². The number of benzene rings is 1. The molecule has 1 aromatic carbocycles. The molecule has 0 amide bonds. The van der Waals surface area contributed by atoms with Crippen molar-refractivity contribution in [1.29, 1.82) is 0 Å². The minimum absolute atomic E-state index is 0.411. The average molecular weight is 517 g/mol. The van der Waals surface area contributed by atoms with E-state index in [4.69, 9.17) is 21.6 Å². The highest BCUT2D eigenvalue weighted by Gasteiger charge is 2.40. The fourth-order valence-electron chi connectivity index (χ4n) is 5.59. The lowest BCUT2D eigenvalue weighted by atomic mass is 9.76. The van der Waals surface area contributed by atoms with Crippen LogP contribution in [0.15, 0.2) is 86.6 Å². The molecule has 6 rings (SSSR count). The van der Waals surface area contributed by atoms with Crippen LogP contribution in [0.1, 0.15) is 24.0 Å². The van der Waals surface area contributed by atoms with E-state index in [1.807, 2.05) is 32.4 Å². The van der Waals surface area contributed by atoms with Gasteiger partial charge in [0.2, 0.25) is 0 Å². The summed E-state index contributed by atoms with van der Waals surface area (Å²) in [5.74, 6) is 3.40. The lowest BCUT2D eigenvalue weighted by Gasteiger charge is -2.40. The minimum Gasteiger partial charge on any atom is -0.372 e. The molecule has 4 heterocycles. The number of rotatable bonds is 3. The Morgan fingerprint density at radius 3 is 2.53 bits per heavy atom. The Kier molecular flexibility index (Phi) is 6.13. The van der Waals surface area contributed by atoms with Crippen LogP contribution in [-0.2, 0) is 12.8 Å². The third kappa shape index (κ3) is 4.24. The van der Waals surface area contributed by atoms with Crippen molar-refractivity contribution in [3.8, 4) is 0 Å². The number of hydrogen-bond donors (Lipinski definition) is 1. The lowest BCUT2D eigenvalue weighted by molar-refractivity contribution is 0.158. The van der Waals surface area contributed by atoms with Gasteiger partial charge in [-0.15, -0.1) is 0 Å². The minimum atomic E-state index is 0.411. The van der Waals surface area contributed by atoms with Crippen molar-refractivity contribution < 1.29 is 0 Å². The second kappa shape index (κ2) is 9.45. The van der Waals surface area contributed by atoms with Gasteiger partial charge in [0, 0.05) is 44.5 Å². The van der Waals surface area contributed by atoms with E-state index in [0.717, 1.165) is 40.4 Å². The summed E-state index contributed by atoms with van der Waals surface area (Å²) in [6.07, 6.45) is 14.6. The predicted octanol–water partition coefficient (Wildman–Crippen LogP) is 5.74. The van der Waals surface area contributed by atoms with Crippen molar-refractivity contribution >= 4 is 40.9 Å². The number of hydrogen-bond acceptors (Lipinski definition) is 7. The number of piperidine rings is 1. The van der Waals surface area contributed by atoms with E-state index in [-0.39, 0.29) is 0 Å². The summed E-state index contributed by atoms with van der Waals surface area (Å²) >= 11 is 8.13. The fraction of sp³-hybridized carbons (Fsp3) is 0.321. The van der Waals surface area contributed by atoms with Gasteiger partial charge in [-0.2, -0.15) is 0 Å². The number of likely N-dealkylation sites (tertiary alicyclic amines) is 1. The van der Waals surface area contributed by atoms with Crippen LogP contribution >= 0.6 is 23.4 Å². The molecule has 0 atom stereocenters. The molecule has 184 valence electrons. The number of nitrogens with zero attached hydrogens (tertiary/aromatic N) is 5. The van der Waals surface area contributed by atoms with Gasteiger partial charge in [0.05, 0.1) is 9.93 Å². The number of anilines is 1. The number of allylic oxidation sites excluding steroid dienone is 2. The number of aromatic nitrogens is 1. The van der Waals surface area contributed by atoms with Crippen LogP contribution in [0, 0.1) is 5.41 Å². The Morgan fingerprint density at radius 1 is 1.06 bits per heavy atom. The summed E-state index contributed by atoms with van der Waals surface area (Å²) in [5.41, 5.74) is 3.50. The number of aliphatic imine (C=N–C) groups is 2. The molecule has 1 saturated heterocycles. The third-order valence-electron chi connectivity index (χ3n) is 7.62. The highest BCUT2D eigenvalue weighted by Crippen LogP contribution is 2.45. The van der Waals surface area contributed by atoms with Gasteiger partial charge >= 0.3 is 0 Å². The summed E-state index contributed by atoms with van der Waals surface area (Å²) in [7, 11) is 3.84. The topological polar surface area (TPSA) is 56.1 Å². The molecule has 0 unspecified atom stereocenters. The van der Waals surface area contributed by atoms with Crippen molar-refractivity contribution in [1.82, 2.24) is 14.8 Å². The first-order valence-corrected chi connectivity index (χ1v) is 13.6. The van der Waals surface area contributed by atoms with Crippen LogP contribution in [-0.4, -0.2) is 53.6 Å². The van der Waals surface area contributed by atoms with Crippen molar-refractivity contribution in [2.24, 2.45) is 15.4 Å². The molecular weight excluding hydrogens is 488 g/mol. The van der Waals surface area contributed by atoms with Crippen molar-refractivity contribution in [2.75, 3.05) is 32.5 Å². The maximum atomic E-state index is 6.55. The van der Waals surface area contributed by atoms with Crippen LogP contribution in [0.3, 0.4) is 0 Å². The number of likely N-dealkylation sites (N-methyl/N-ethyl adjacent to an activating group) is 1. The largest absolute Gasteiger partial charge is 0.372 e. The third-order valence-corrected chi connectivity index (χ3v) is 9.22. The molecule has 1 fully saturated rings. The summed E-state index contributed by atoms with van der Waals surface area (Å²) in [5, 5.41) is 3.65. The molecule has 3 aliphatic heterocycles. The number of amidine groups is 2. The first kappa shape index (κ1) is 23.4. The van der Waals surface area contributed by atoms with Gasteiger partial charge in [-0.25, -0.2) is 15.0 Å². The van der Waals surface area contributed by atoms with E-state index in [1.165, 1.54) is 25.7 Å². The van der Waals surface area contributed by atoms with Crippen molar-refractivity contribution in [2.45, 2.75) is 30.6 Å². The molecule has 2 bridgehead atoms. The normalized spacial score (nSPS) is 23.1. The van der Waals surface area contributed by atoms with E-state index in [1.54, 1.807) is 29.1 Å². The molecular formula is C28H29ClN6S. The average Bonchev–Trinajstić information content (AvgIpc) is 3.25. The highest BCUT2D eigenvalue weighted by atomic mass is 35.5. The van der Waals surface area contributed by atoms with Crippen molar-refractivity contribution in [3.05, 3.63) is 87.8 Å². The molecule has 1 aliphatic carbocycles. The van der Waals surface area contributed by atoms with Crippen LogP contribution in [0.25, 0.3) is 0 Å². The molecule has 6 nitrogen and oxygen atoms in total. The molecule has 0 radical (unpaired) electrons. The van der Waals surface area contributed by atoms with Gasteiger partial charge in [0.15, 0.2) is 0 Å². The Hall–Kier alpha value is -3.03. The van der Waals surface area contributed by atoms with Crippen LogP contribution in [0.2, 0.25) is 5.02 Å². The zero-order valence-electron chi connectivity index (χ0n) is 20.5. The van der Waals surface area contributed by atoms with E-state index in [2.05, 4.69) is 56.5 Å². The Morgan fingerprint density at radius 2 is 1.81 bits per heavy atom. The van der Waals surface area contributed by atoms with Crippen LogP contribution in [0.4, 0.5) is 5.82 Å². The summed E-state index contributed by atoms with van der Waals surface area (Å²) < 4.78 is 0. The Labute approximate surface area is 221 Å². The first-order valence-electron chi connectivity index (χ1n) is 12.4. The molecule has 2 aromatic rings. The maximum Gasteiger partial charge on any atom is 0.147 e. The predicted molar refractivity (Wildman–Crippen MR) is 150 cm³/mol. The molecule has 8 heteroatoms. The smallest absolute Gasteiger partial charge is 0.147 e. The fourth-order valence-corrected chi connectivity index (χ4v) is 6.88. The summed E-state index contributed by atoms with van der Waals surface area (Å²) in [6.45, 7) is 2.05. The number of pyridine rings is 1. The number of nitrogens with one attached hydrogen (secondary N) is 1. The van der Waals surface area contributed by atoms with E-state index in [0.29, 0.717) is 16.3 Å². The molecule has 0 saturated carbocycles. The second-order valence-electron chi connectivity index (χ2n) is 9.79. The standard InChI is InChI=1S/C28H29ClN6S/c1-30-26-25(29)21(9-13-31-26)36-22-7-8-23-33-24(10-14-32-27(22)34(23)2)35-15-11-28(12-16-35)17-19-5-3-4-6-20(19)18-28/h3-10,13-14H,11-12,15-18H2,1-2H3,(H,30,31)/b14-10?,24-10?,32-14?,32-27-,33-23?,33-24+. The monoisotopic (exact) mass is 516 g/mol.